The highest BCUT2D eigenvalue weighted by atomic mass is 35.5. The molecule has 1 aromatic heterocycles. The van der Waals surface area contributed by atoms with Gasteiger partial charge in [-0.25, -0.2) is 0 Å². The number of hydrogen-bond donors (Lipinski definition) is 0. The number of aromatic nitrogens is 1. The molecule has 0 saturated heterocycles. The van der Waals surface area contributed by atoms with Gasteiger partial charge in [-0.05, 0) is 49.4 Å². The van der Waals surface area contributed by atoms with E-state index in [9.17, 15) is 0 Å². The van der Waals surface area contributed by atoms with Crippen molar-refractivity contribution in [3.63, 3.8) is 0 Å². The molecule has 0 bridgehead atoms. The van der Waals surface area contributed by atoms with E-state index in [1.807, 2.05) is 6.07 Å². The normalized spacial score (nSPS) is 15.1. The summed E-state index contributed by atoms with van der Waals surface area (Å²) >= 11 is 12.1. The van der Waals surface area contributed by atoms with Crippen molar-refractivity contribution in [2.24, 2.45) is 0 Å². The quantitative estimate of drug-likeness (QED) is 0.683. The molecular weight excluding hydrogens is 241 g/mol. The van der Waals surface area contributed by atoms with Crippen LogP contribution in [0.3, 0.4) is 0 Å². The predicted molar refractivity (Wildman–Crippen MR) is 67.2 cm³/mol. The van der Waals surface area contributed by atoms with E-state index in [2.05, 4.69) is 11.1 Å². The van der Waals surface area contributed by atoms with Gasteiger partial charge in [0.05, 0.1) is 10.5 Å². The summed E-state index contributed by atoms with van der Waals surface area (Å²) < 4.78 is 0. The summed E-state index contributed by atoms with van der Waals surface area (Å²) in [5.41, 5.74) is 3.25. The van der Waals surface area contributed by atoms with Crippen molar-refractivity contribution in [1.82, 2.24) is 4.98 Å². The molecule has 16 heavy (non-hydrogen) atoms. The molecular formula is C13H10Cl2N. The van der Waals surface area contributed by atoms with Gasteiger partial charge in [0.25, 0.3) is 0 Å². The van der Waals surface area contributed by atoms with Gasteiger partial charge < -0.3 is 0 Å². The smallest absolute Gasteiger partial charge is 0.0741 e. The highest BCUT2D eigenvalue weighted by Crippen LogP contribution is 2.30. The van der Waals surface area contributed by atoms with Gasteiger partial charge >= 0.3 is 0 Å². The first-order chi connectivity index (χ1) is 7.74. The number of hydrogen-bond acceptors (Lipinski definition) is 1. The van der Waals surface area contributed by atoms with Crippen molar-refractivity contribution in [2.45, 2.75) is 25.7 Å². The summed E-state index contributed by atoms with van der Waals surface area (Å²) in [6.07, 6.45) is 4.55. The molecule has 3 rings (SSSR count). The van der Waals surface area contributed by atoms with Crippen LogP contribution in [0.5, 0.6) is 0 Å². The number of aryl methyl sites for hydroxylation is 2. The molecule has 1 aliphatic carbocycles. The van der Waals surface area contributed by atoms with E-state index in [0.29, 0.717) is 10.0 Å². The van der Waals surface area contributed by atoms with E-state index < -0.39 is 0 Å². The zero-order valence-electron chi connectivity index (χ0n) is 8.69. The Balaban J connectivity index is 2.31. The monoisotopic (exact) mass is 250 g/mol. The second-order valence-electron chi connectivity index (χ2n) is 4.15. The lowest BCUT2D eigenvalue weighted by Gasteiger charge is -2.15. The Hall–Kier alpha value is -0.790. The maximum atomic E-state index is 6.15. The van der Waals surface area contributed by atoms with E-state index in [-0.39, 0.29) is 0 Å². The lowest BCUT2D eigenvalue weighted by Crippen LogP contribution is -2.05. The molecule has 0 saturated carbocycles. The number of rotatable bonds is 0. The van der Waals surface area contributed by atoms with E-state index in [4.69, 9.17) is 23.2 Å². The summed E-state index contributed by atoms with van der Waals surface area (Å²) in [6.45, 7) is 0. The number of fused-ring (bicyclic) bond motifs is 2. The second kappa shape index (κ2) is 3.90. The van der Waals surface area contributed by atoms with Crippen LogP contribution in [0, 0.1) is 6.07 Å². The lowest BCUT2D eigenvalue weighted by molar-refractivity contribution is 0.670. The average Bonchev–Trinajstić information content (AvgIpc) is 2.27. The van der Waals surface area contributed by atoms with Gasteiger partial charge in [0, 0.05) is 16.1 Å². The molecule has 1 heterocycles. The molecule has 1 radical (unpaired) electrons. The summed E-state index contributed by atoms with van der Waals surface area (Å²) in [6, 6.07) is 6.99. The Morgan fingerprint density at radius 2 is 1.94 bits per heavy atom. The topological polar surface area (TPSA) is 12.9 Å². The first kappa shape index (κ1) is 10.4. The molecule has 2 aromatic rings. The molecule has 0 spiro atoms. The molecule has 0 atom stereocenters. The second-order valence-corrected chi connectivity index (χ2v) is 4.99. The fourth-order valence-electron chi connectivity index (χ4n) is 2.22. The number of nitrogens with zero attached hydrogens (tertiary/aromatic N) is 1. The zero-order chi connectivity index (χ0) is 11.1. The van der Waals surface area contributed by atoms with Crippen LogP contribution >= 0.6 is 23.2 Å². The zero-order valence-corrected chi connectivity index (χ0v) is 10.2. The maximum Gasteiger partial charge on any atom is 0.0741 e. The number of benzene rings is 1. The Morgan fingerprint density at radius 3 is 2.81 bits per heavy atom. The van der Waals surface area contributed by atoms with Gasteiger partial charge in [-0.1, -0.05) is 23.2 Å². The highest BCUT2D eigenvalue weighted by Gasteiger charge is 2.13. The van der Waals surface area contributed by atoms with Crippen LogP contribution in [0.4, 0.5) is 0 Å². The minimum atomic E-state index is 0.633. The average molecular weight is 251 g/mol. The van der Waals surface area contributed by atoms with Gasteiger partial charge in [-0.15, -0.1) is 0 Å². The van der Waals surface area contributed by atoms with E-state index in [0.717, 1.165) is 29.4 Å². The molecule has 1 nitrogen and oxygen atoms in total. The van der Waals surface area contributed by atoms with Crippen LogP contribution in [0.25, 0.3) is 10.9 Å². The van der Waals surface area contributed by atoms with E-state index >= 15 is 0 Å². The van der Waals surface area contributed by atoms with E-state index in [1.165, 1.54) is 18.4 Å². The first-order valence-corrected chi connectivity index (χ1v) is 6.19. The minimum absolute atomic E-state index is 0.633. The molecule has 0 aliphatic heterocycles. The van der Waals surface area contributed by atoms with Crippen molar-refractivity contribution in [3.05, 3.63) is 39.5 Å². The molecule has 81 valence electrons. The summed E-state index contributed by atoms with van der Waals surface area (Å²) in [5, 5.41) is 2.17. The van der Waals surface area contributed by atoms with Crippen molar-refractivity contribution in [1.29, 1.82) is 0 Å². The number of halogens is 2. The molecule has 0 fully saturated rings. The fraction of sp³-hybridized carbons (Fsp3) is 0.308. The Kier molecular flexibility index (Phi) is 2.53. The van der Waals surface area contributed by atoms with Crippen LogP contribution in [-0.2, 0) is 12.8 Å². The summed E-state index contributed by atoms with van der Waals surface area (Å²) in [7, 11) is 0. The van der Waals surface area contributed by atoms with Crippen molar-refractivity contribution in [3.8, 4) is 0 Å². The Bertz CT molecular complexity index is 563. The third-order valence-electron chi connectivity index (χ3n) is 3.00. The standard InChI is InChI=1S/C13H10Cl2N/c14-9-6-11(15)10-5-8-3-1-2-4-12(8)16-13(10)7-9/h6-7H,1-4H2. The third kappa shape index (κ3) is 1.68. The van der Waals surface area contributed by atoms with Crippen LogP contribution in [0.15, 0.2) is 12.1 Å². The summed E-state index contributed by atoms with van der Waals surface area (Å²) in [4.78, 5) is 4.64. The summed E-state index contributed by atoms with van der Waals surface area (Å²) in [5.74, 6) is 0. The van der Waals surface area contributed by atoms with E-state index in [1.54, 1.807) is 6.07 Å². The highest BCUT2D eigenvalue weighted by molar-refractivity contribution is 6.38. The van der Waals surface area contributed by atoms with Crippen LogP contribution in [-0.4, -0.2) is 4.98 Å². The largest absolute Gasteiger partial charge is 0.252 e. The molecule has 3 heteroatoms. The van der Waals surface area contributed by atoms with Gasteiger partial charge in [-0.2, -0.15) is 0 Å². The first-order valence-electron chi connectivity index (χ1n) is 5.44. The molecule has 0 unspecified atom stereocenters. The maximum absolute atomic E-state index is 6.15. The van der Waals surface area contributed by atoms with Gasteiger partial charge in [0.1, 0.15) is 0 Å². The van der Waals surface area contributed by atoms with Crippen LogP contribution in [0.2, 0.25) is 10.0 Å². The lowest BCUT2D eigenvalue weighted by atomic mass is 9.95. The van der Waals surface area contributed by atoms with Crippen molar-refractivity contribution in [2.75, 3.05) is 0 Å². The van der Waals surface area contributed by atoms with Gasteiger partial charge in [-0.3, -0.25) is 4.98 Å². The molecule has 1 aliphatic rings. The Morgan fingerprint density at radius 1 is 1.12 bits per heavy atom. The van der Waals surface area contributed by atoms with Gasteiger partial charge in [0.15, 0.2) is 0 Å². The molecule has 0 N–H and O–H groups in total. The Labute approximate surface area is 104 Å². The molecule has 1 aromatic carbocycles. The van der Waals surface area contributed by atoms with Gasteiger partial charge in [0.2, 0.25) is 0 Å². The molecule has 0 amide bonds. The van der Waals surface area contributed by atoms with Crippen molar-refractivity contribution >= 4 is 34.1 Å². The third-order valence-corrected chi connectivity index (χ3v) is 3.52. The minimum Gasteiger partial charge on any atom is -0.252 e. The van der Waals surface area contributed by atoms with Crippen LogP contribution < -0.4 is 0 Å². The van der Waals surface area contributed by atoms with Crippen molar-refractivity contribution < 1.29 is 0 Å². The predicted octanol–water partition coefficient (Wildman–Crippen LogP) is 4.22. The number of pyridine rings is 1. The van der Waals surface area contributed by atoms with Crippen LogP contribution in [0.1, 0.15) is 24.1 Å². The SMILES string of the molecule is Clc1cc(Cl)c2[c]c3c(nc2c1)CCCC3. The fourth-order valence-corrected chi connectivity index (χ4v) is 2.75.